The lowest BCUT2D eigenvalue weighted by Gasteiger charge is -2.18. The maximum Gasteiger partial charge on any atom is 0.238 e. The molecule has 4 nitrogen and oxygen atoms in total. The predicted molar refractivity (Wildman–Crippen MR) is 70.6 cm³/mol. The number of nitrogens with zero attached hydrogens (tertiary/aromatic N) is 1. The quantitative estimate of drug-likeness (QED) is 0.620. The lowest BCUT2D eigenvalue weighted by atomic mass is 9.82. The van der Waals surface area contributed by atoms with Crippen molar-refractivity contribution in [2.24, 2.45) is 11.8 Å². The van der Waals surface area contributed by atoms with E-state index in [1.54, 1.807) is 12.1 Å². The Balaban J connectivity index is 1.97. The molecule has 19 heavy (non-hydrogen) atoms. The van der Waals surface area contributed by atoms with Gasteiger partial charge in [0.05, 0.1) is 17.5 Å². The van der Waals surface area contributed by atoms with Gasteiger partial charge in [-0.2, -0.15) is 0 Å². The largest absolute Gasteiger partial charge is 0.508 e. The molecule has 2 atom stereocenters. The molecule has 1 saturated heterocycles. The number of benzene rings is 1. The number of imide groups is 1. The van der Waals surface area contributed by atoms with Gasteiger partial charge in [0, 0.05) is 6.07 Å². The van der Waals surface area contributed by atoms with Crippen LogP contribution in [0.3, 0.4) is 0 Å². The highest BCUT2D eigenvalue weighted by Gasteiger charge is 2.48. The van der Waals surface area contributed by atoms with Crippen LogP contribution >= 0.6 is 0 Å². The van der Waals surface area contributed by atoms with Crippen molar-refractivity contribution in [1.29, 1.82) is 0 Å². The van der Waals surface area contributed by atoms with Crippen molar-refractivity contribution in [3.05, 3.63) is 35.9 Å². The highest BCUT2D eigenvalue weighted by Crippen LogP contribution is 2.40. The summed E-state index contributed by atoms with van der Waals surface area (Å²) in [4.78, 5) is 26.0. The topological polar surface area (TPSA) is 57.6 Å². The van der Waals surface area contributed by atoms with Crippen molar-refractivity contribution in [3.8, 4) is 5.75 Å². The SMILES string of the molecule is CC1=CC[C@H]2C(=O)N(c3cccc(O)c3)C(=O)[C@H]2C1. The number of phenolic OH excluding ortho intramolecular Hbond substituents is 1. The molecule has 1 aliphatic carbocycles. The third-order valence-corrected chi connectivity index (χ3v) is 3.91. The number of amides is 2. The minimum absolute atomic E-state index is 0.0577. The molecule has 0 unspecified atom stereocenters. The standard InChI is InChI=1S/C15H15NO3/c1-9-5-6-12-13(7-9)15(19)16(14(12)18)10-3-2-4-11(17)8-10/h2-5,8,12-13,17H,6-7H2,1H3/t12-,13+/m1/s1. The Bertz CT molecular complexity index is 591. The van der Waals surface area contributed by atoms with E-state index in [2.05, 4.69) is 0 Å². The zero-order valence-electron chi connectivity index (χ0n) is 10.7. The van der Waals surface area contributed by atoms with E-state index in [0.717, 1.165) is 0 Å². The first-order valence-corrected chi connectivity index (χ1v) is 6.40. The van der Waals surface area contributed by atoms with Gasteiger partial charge >= 0.3 is 0 Å². The summed E-state index contributed by atoms with van der Waals surface area (Å²) < 4.78 is 0. The molecule has 0 aromatic heterocycles. The molecule has 1 aromatic rings. The number of phenols is 1. The summed E-state index contributed by atoms with van der Waals surface area (Å²) in [5.41, 5.74) is 1.63. The number of hydrogen-bond acceptors (Lipinski definition) is 3. The molecule has 0 saturated carbocycles. The molecule has 0 spiro atoms. The molecule has 4 heteroatoms. The van der Waals surface area contributed by atoms with Gasteiger partial charge in [0.25, 0.3) is 0 Å². The number of fused-ring (bicyclic) bond motifs is 1. The number of allylic oxidation sites excluding steroid dienone is 2. The number of carbonyl (C=O) groups is 2. The van der Waals surface area contributed by atoms with Crippen LogP contribution in [0.2, 0.25) is 0 Å². The van der Waals surface area contributed by atoms with E-state index < -0.39 is 0 Å². The Hall–Kier alpha value is -2.10. The van der Waals surface area contributed by atoms with E-state index in [9.17, 15) is 14.7 Å². The zero-order valence-corrected chi connectivity index (χ0v) is 10.7. The first kappa shape index (κ1) is 12.0. The van der Waals surface area contributed by atoms with Crippen LogP contribution in [0.4, 0.5) is 5.69 Å². The first-order valence-electron chi connectivity index (χ1n) is 6.40. The predicted octanol–water partition coefficient (Wildman–Crippen LogP) is 2.24. The number of carbonyl (C=O) groups excluding carboxylic acids is 2. The fourth-order valence-corrected chi connectivity index (χ4v) is 2.92. The molecule has 0 radical (unpaired) electrons. The molecule has 1 aliphatic heterocycles. The van der Waals surface area contributed by atoms with Crippen LogP contribution in [0.1, 0.15) is 19.8 Å². The van der Waals surface area contributed by atoms with E-state index in [1.165, 1.54) is 22.6 Å². The third-order valence-electron chi connectivity index (χ3n) is 3.91. The minimum Gasteiger partial charge on any atom is -0.508 e. The van der Waals surface area contributed by atoms with Crippen molar-refractivity contribution in [3.63, 3.8) is 0 Å². The molecule has 0 bridgehead atoms. The van der Waals surface area contributed by atoms with E-state index in [0.29, 0.717) is 18.5 Å². The van der Waals surface area contributed by atoms with Gasteiger partial charge in [0.2, 0.25) is 11.8 Å². The van der Waals surface area contributed by atoms with Gasteiger partial charge in [-0.25, -0.2) is 4.90 Å². The Morgan fingerprint density at radius 1 is 1.21 bits per heavy atom. The highest BCUT2D eigenvalue weighted by molar-refractivity contribution is 6.22. The zero-order chi connectivity index (χ0) is 13.6. The van der Waals surface area contributed by atoms with Gasteiger partial charge in [-0.15, -0.1) is 0 Å². The van der Waals surface area contributed by atoms with Crippen molar-refractivity contribution in [1.82, 2.24) is 0 Å². The van der Waals surface area contributed by atoms with Gasteiger partial charge in [-0.05, 0) is 31.9 Å². The van der Waals surface area contributed by atoms with Crippen LogP contribution in [-0.4, -0.2) is 16.9 Å². The van der Waals surface area contributed by atoms with Crippen LogP contribution in [0, 0.1) is 11.8 Å². The monoisotopic (exact) mass is 257 g/mol. The second-order valence-corrected chi connectivity index (χ2v) is 5.24. The summed E-state index contributed by atoms with van der Waals surface area (Å²) in [5.74, 6) is -0.710. The maximum atomic E-state index is 12.4. The number of aromatic hydroxyl groups is 1. The molecule has 3 rings (SSSR count). The number of rotatable bonds is 1. The summed E-state index contributed by atoms with van der Waals surface area (Å²) in [5, 5.41) is 9.49. The van der Waals surface area contributed by atoms with Crippen molar-refractivity contribution in [2.75, 3.05) is 4.90 Å². The van der Waals surface area contributed by atoms with Gasteiger partial charge in [-0.1, -0.05) is 17.7 Å². The maximum absolute atomic E-state index is 12.4. The molecule has 1 N–H and O–H groups in total. The van der Waals surface area contributed by atoms with Crippen LogP contribution in [0.15, 0.2) is 35.9 Å². The Morgan fingerprint density at radius 3 is 2.68 bits per heavy atom. The summed E-state index contributed by atoms with van der Waals surface area (Å²) in [7, 11) is 0. The molecule has 2 amide bonds. The third kappa shape index (κ3) is 1.84. The van der Waals surface area contributed by atoms with Gasteiger partial charge < -0.3 is 5.11 Å². The average Bonchev–Trinajstić information content (AvgIpc) is 2.61. The van der Waals surface area contributed by atoms with E-state index in [1.807, 2.05) is 13.0 Å². The van der Waals surface area contributed by atoms with E-state index >= 15 is 0 Å². The summed E-state index contributed by atoms with van der Waals surface area (Å²) in [6.07, 6.45) is 3.33. The summed E-state index contributed by atoms with van der Waals surface area (Å²) in [6, 6.07) is 6.28. The fourth-order valence-electron chi connectivity index (χ4n) is 2.92. The van der Waals surface area contributed by atoms with Crippen molar-refractivity contribution < 1.29 is 14.7 Å². The summed E-state index contributed by atoms with van der Waals surface area (Å²) in [6.45, 7) is 1.99. The summed E-state index contributed by atoms with van der Waals surface area (Å²) >= 11 is 0. The van der Waals surface area contributed by atoms with Crippen LogP contribution in [0.25, 0.3) is 0 Å². The van der Waals surface area contributed by atoms with E-state index in [4.69, 9.17) is 0 Å². The molecule has 98 valence electrons. The molecule has 2 aliphatic rings. The average molecular weight is 257 g/mol. The fraction of sp³-hybridized carbons (Fsp3) is 0.333. The van der Waals surface area contributed by atoms with Crippen molar-refractivity contribution in [2.45, 2.75) is 19.8 Å². The van der Waals surface area contributed by atoms with Gasteiger partial charge in [0.15, 0.2) is 0 Å². The number of anilines is 1. The van der Waals surface area contributed by atoms with E-state index in [-0.39, 0.29) is 29.4 Å². The second-order valence-electron chi connectivity index (χ2n) is 5.24. The van der Waals surface area contributed by atoms with Crippen molar-refractivity contribution >= 4 is 17.5 Å². The molecule has 1 aromatic carbocycles. The van der Waals surface area contributed by atoms with Crippen LogP contribution in [0.5, 0.6) is 5.75 Å². The van der Waals surface area contributed by atoms with Gasteiger partial charge in [-0.3, -0.25) is 9.59 Å². The highest BCUT2D eigenvalue weighted by atomic mass is 16.3. The Morgan fingerprint density at radius 2 is 1.95 bits per heavy atom. The lowest BCUT2D eigenvalue weighted by Crippen LogP contribution is -2.30. The minimum atomic E-state index is -0.237. The van der Waals surface area contributed by atoms with Gasteiger partial charge in [0.1, 0.15) is 5.75 Å². The van der Waals surface area contributed by atoms with Crippen LogP contribution in [-0.2, 0) is 9.59 Å². The molecular formula is C15H15NO3. The molecule has 1 heterocycles. The Kier molecular flexibility index (Phi) is 2.66. The lowest BCUT2D eigenvalue weighted by molar-refractivity contribution is -0.122. The first-order chi connectivity index (χ1) is 9.08. The smallest absolute Gasteiger partial charge is 0.238 e. The molecular weight excluding hydrogens is 242 g/mol. The normalized spacial score (nSPS) is 26.4. The second kappa shape index (κ2) is 4.23. The van der Waals surface area contributed by atoms with Crippen LogP contribution < -0.4 is 4.90 Å². The Labute approximate surface area is 111 Å². The number of hydrogen-bond donors (Lipinski definition) is 1. The molecule has 1 fully saturated rings.